The van der Waals surface area contributed by atoms with Gasteiger partial charge >= 0.3 is 0 Å². The Bertz CT molecular complexity index is 812. The van der Waals surface area contributed by atoms with Gasteiger partial charge in [-0.1, -0.05) is 18.2 Å². The Morgan fingerprint density at radius 1 is 1.23 bits per heavy atom. The molecule has 1 fully saturated rings. The van der Waals surface area contributed by atoms with Gasteiger partial charge in [0.15, 0.2) is 0 Å². The molecule has 1 atom stereocenters. The second-order valence-corrected chi connectivity index (χ2v) is 9.28. The molecular weight excluding hydrogens is 370 g/mol. The molecule has 26 heavy (non-hydrogen) atoms. The van der Waals surface area contributed by atoms with E-state index < -0.39 is 10.0 Å². The number of rotatable bonds is 7. The monoisotopic (exact) mass is 393 g/mol. The van der Waals surface area contributed by atoms with Crippen LogP contribution in [0.25, 0.3) is 0 Å². The minimum atomic E-state index is -3.54. The average Bonchev–Trinajstić information content (AvgIpc) is 3.18. The van der Waals surface area contributed by atoms with Crippen LogP contribution < -0.4 is 15.4 Å². The van der Waals surface area contributed by atoms with E-state index in [-0.39, 0.29) is 16.5 Å². The van der Waals surface area contributed by atoms with Crippen LogP contribution in [0.15, 0.2) is 46.0 Å². The lowest BCUT2D eigenvalue weighted by Gasteiger charge is -2.22. The van der Waals surface area contributed by atoms with Gasteiger partial charge < -0.3 is 10.6 Å². The first-order valence-corrected chi connectivity index (χ1v) is 11.0. The number of anilines is 1. The van der Waals surface area contributed by atoms with Crippen molar-refractivity contribution in [2.75, 3.05) is 24.4 Å². The van der Waals surface area contributed by atoms with Crippen LogP contribution in [-0.4, -0.2) is 34.0 Å². The van der Waals surface area contributed by atoms with Crippen molar-refractivity contribution in [2.45, 2.75) is 23.5 Å². The predicted octanol–water partition coefficient (Wildman–Crippen LogP) is 2.21. The summed E-state index contributed by atoms with van der Waals surface area (Å²) in [5.41, 5.74) is 1.33. The SMILES string of the molecule is O=C(Cc1ccc(NS(=O)(=O)c2cccs2)cc1)NCC1CCCNC1. The highest BCUT2D eigenvalue weighted by molar-refractivity contribution is 7.94. The Morgan fingerprint density at radius 2 is 2.04 bits per heavy atom. The van der Waals surface area contributed by atoms with Crippen LogP contribution in [-0.2, 0) is 21.2 Å². The van der Waals surface area contributed by atoms with Crippen molar-refractivity contribution in [1.82, 2.24) is 10.6 Å². The highest BCUT2D eigenvalue weighted by Gasteiger charge is 2.16. The maximum Gasteiger partial charge on any atom is 0.271 e. The molecule has 3 rings (SSSR count). The minimum Gasteiger partial charge on any atom is -0.355 e. The first kappa shape index (κ1) is 18.9. The van der Waals surface area contributed by atoms with Gasteiger partial charge in [0.25, 0.3) is 10.0 Å². The van der Waals surface area contributed by atoms with E-state index >= 15 is 0 Å². The van der Waals surface area contributed by atoms with Gasteiger partial charge in [0.05, 0.1) is 6.42 Å². The summed E-state index contributed by atoms with van der Waals surface area (Å²) in [4.78, 5) is 12.1. The highest BCUT2D eigenvalue weighted by atomic mass is 32.2. The predicted molar refractivity (Wildman–Crippen MR) is 104 cm³/mol. The van der Waals surface area contributed by atoms with Crippen LogP contribution in [0.5, 0.6) is 0 Å². The molecule has 1 aromatic carbocycles. The number of thiophene rings is 1. The summed E-state index contributed by atoms with van der Waals surface area (Å²) >= 11 is 1.17. The van der Waals surface area contributed by atoms with E-state index in [1.54, 1.807) is 41.8 Å². The van der Waals surface area contributed by atoms with Crippen molar-refractivity contribution in [1.29, 1.82) is 0 Å². The number of amides is 1. The summed E-state index contributed by atoms with van der Waals surface area (Å²) in [6.07, 6.45) is 2.59. The number of hydrogen-bond donors (Lipinski definition) is 3. The van der Waals surface area contributed by atoms with Crippen LogP contribution in [0.3, 0.4) is 0 Å². The zero-order valence-corrected chi connectivity index (χ0v) is 16.0. The third kappa shape index (κ3) is 5.30. The Balaban J connectivity index is 1.50. The molecule has 1 amide bonds. The van der Waals surface area contributed by atoms with Crippen LogP contribution in [0.2, 0.25) is 0 Å². The smallest absolute Gasteiger partial charge is 0.271 e. The normalized spacial score (nSPS) is 17.6. The van der Waals surface area contributed by atoms with Gasteiger partial charge in [-0.05, 0) is 61.0 Å². The molecule has 0 bridgehead atoms. The van der Waals surface area contributed by atoms with Crippen molar-refractivity contribution in [3.05, 3.63) is 47.3 Å². The van der Waals surface area contributed by atoms with Crippen LogP contribution in [0.1, 0.15) is 18.4 Å². The number of benzene rings is 1. The largest absolute Gasteiger partial charge is 0.355 e. The molecule has 1 aromatic heterocycles. The average molecular weight is 394 g/mol. The van der Waals surface area contributed by atoms with Gasteiger partial charge in [0, 0.05) is 12.2 Å². The van der Waals surface area contributed by atoms with E-state index in [0.717, 1.165) is 31.5 Å². The van der Waals surface area contributed by atoms with Gasteiger partial charge in [0.2, 0.25) is 5.91 Å². The quantitative estimate of drug-likeness (QED) is 0.673. The van der Waals surface area contributed by atoms with Crippen molar-refractivity contribution in [3.8, 4) is 0 Å². The minimum absolute atomic E-state index is 0.0116. The topological polar surface area (TPSA) is 87.3 Å². The molecule has 1 aliphatic heterocycles. The zero-order chi connectivity index (χ0) is 18.4. The maximum atomic E-state index is 12.2. The van der Waals surface area contributed by atoms with E-state index in [2.05, 4.69) is 15.4 Å². The van der Waals surface area contributed by atoms with Gasteiger partial charge in [-0.25, -0.2) is 8.42 Å². The van der Waals surface area contributed by atoms with Crippen LogP contribution in [0, 0.1) is 5.92 Å². The van der Waals surface area contributed by atoms with Gasteiger partial charge in [-0.15, -0.1) is 11.3 Å². The summed E-state index contributed by atoms with van der Waals surface area (Å²) in [5.74, 6) is 0.490. The molecule has 6 nitrogen and oxygen atoms in total. The van der Waals surface area contributed by atoms with Gasteiger partial charge in [-0.2, -0.15) is 0 Å². The summed E-state index contributed by atoms with van der Waals surface area (Å²) in [6.45, 7) is 2.72. The fraction of sp³-hybridized carbons (Fsp3) is 0.389. The van der Waals surface area contributed by atoms with Crippen molar-refractivity contribution in [2.24, 2.45) is 5.92 Å². The second-order valence-electron chi connectivity index (χ2n) is 6.43. The molecular formula is C18H23N3O3S2. The van der Waals surface area contributed by atoms with Gasteiger partial charge in [-0.3, -0.25) is 9.52 Å². The van der Waals surface area contributed by atoms with Crippen molar-refractivity contribution >= 4 is 33.0 Å². The molecule has 0 spiro atoms. The fourth-order valence-corrected chi connectivity index (χ4v) is 4.97. The molecule has 1 aliphatic rings. The molecule has 3 N–H and O–H groups in total. The lowest BCUT2D eigenvalue weighted by Crippen LogP contribution is -2.38. The summed E-state index contributed by atoms with van der Waals surface area (Å²) in [6, 6.07) is 10.2. The molecule has 8 heteroatoms. The number of nitrogens with one attached hydrogen (secondary N) is 3. The fourth-order valence-electron chi connectivity index (χ4n) is 2.92. The standard InChI is InChI=1S/C18H23N3O3S2/c22-17(20-13-15-3-1-9-19-12-15)11-14-5-7-16(8-6-14)21-26(23,24)18-4-2-10-25-18/h2,4-8,10,15,19,21H,1,3,9,11-13H2,(H,20,22). The first-order valence-electron chi connectivity index (χ1n) is 8.65. The molecule has 2 aromatic rings. The van der Waals surface area contributed by atoms with E-state index in [4.69, 9.17) is 0 Å². The summed E-state index contributed by atoms with van der Waals surface area (Å²) < 4.78 is 27.2. The van der Waals surface area contributed by atoms with E-state index in [1.165, 1.54) is 11.3 Å². The Kier molecular flexibility index (Phi) is 6.29. The first-order chi connectivity index (χ1) is 12.5. The Labute approximate surface area is 158 Å². The van der Waals surface area contributed by atoms with Crippen LogP contribution >= 0.6 is 11.3 Å². The lowest BCUT2D eigenvalue weighted by molar-refractivity contribution is -0.120. The third-order valence-electron chi connectivity index (χ3n) is 4.32. The summed E-state index contributed by atoms with van der Waals surface area (Å²) in [5, 5.41) is 8.04. The maximum absolute atomic E-state index is 12.2. The number of piperidine rings is 1. The second kappa shape index (κ2) is 8.66. The lowest BCUT2D eigenvalue weighted by atomic mass is 9.99. The van der Waals surface area contributed by atoms with Crippen molar-refractivity contribution < 1.29 is 13.2 Å². The molecule has 1 unspecified atom stereocenters. The van der Waals surface area contributed by atoms with Crippen LogP contribution in [0.4, 0.5) is 5.69 Å². The molecule has 1 saturated heterocycles. The molecule has 2 heterocycles. The Morgan fingerprint density at radius 3 is 2.69 bits per heavy atom. The van der Waals surface area contributed by atoms with E-state index in [9.17, 15) is 13.2 Å². The molecule has 140 valence electrons. The molecule has 0 saturated carbocycles. The molecule has 0 radical (unpaired) electrons. The van der Waals surface area contributed by atoms with Crippen molar-refractivity contribution in [3.63, 3.8) is 0 Å². The number of carbonyl (C=O) groups excluding carboxylic acids is 1. The van der Waals surface area contributed by atoms with E-state index in [1.807, 2.05) is 0 Å². The number of sulfonamides is 1. The zero-order valence-electron chi connectivity index (χ0n) is 14.4. The van der Waals surface area contributed by atoms with E-state index in [0.29, 0.717) is 18.2 Å². The number of carbonyl (C=O) groups is 1. The number of hydrogen-bond acceptors (Lipinski definition) is 5. The van der Waals surface area contributed by atoms with Gasteiger partial charge in [0.1, 0.15) is 4.21 Å². The highest BCUT2D eigenvalue weighted by Crippen LogP contribution is 2.20. The third-order valence-corrected chi connectivity index (χ3v) is 7.10. The molecule has 0 aliphatic carbocycles. The summed E-state index contributed by atoms with van der Waals surface area (Å²) in [7, 11) is -3.54. The Hall–Kier alpha value is -1.90.